The predicted octanol–water partition coefficient (Wildman–Crippen LogP) is 2.40. The maximum atomic E-state index is 5.97. The van der Waals surface area contributed by atoms with Gasteiger partial charge in [-0.3, -0.25) is 4.90 Å². The number of piperidine rings is 1. The Morgan fingerprint density at radius 2 is 1.72 bits per heavy atom. The van der Waals surface area contributed by atoms with E-state index in [-0.39, 0.29) is 5.54 Å². The third-order valence-corrected chi connectivity index (χ3v) is 5.40. The van der Waals surface area contributed by atoms with Crippen molar-refractivity contribution in [3.63, 3.8) is 0 Å². The summed E-state index contributed by atoms with van der Waals surface area (Å²) in [4.78, 5) is 2.57. The van der Waals surface area contributed by atoms with Gasteiger partial charge in [-0.05, 0) is 51.1 Å². The van der Waals surface area contributed by atoms with Crippen molar-refractivity contribution in [2.45, 2.75) is 57.4 Å². The van der Waals surface area contributed by atoms with Crippen LogP contribution in [0.15, 0.2) is 0 Å². The standard InChI is InChI=1S/C15H30N2O/c1-14(12-16,13-18-2)17-10-8-15(9-11-17)6-4-3-5-7-15/h3-13,16H2,1-2H3. The van der Waals surface area contributed by atoms with Gasteiger partial charge in [0.25, 0.3) is 0 Å². The second kappa shape index (κ2) is 5.89. The number of methoxy groups -OCH3 is 1. The molecule has 1 heterocycles. The molecule has 18 heavy (non-hydrogen) atoms. The number of nitrogens with two attached hydrogens (primary N) is 1. The first kappa shape index (κ1) is 14.3. The quantitative estimate of drug-likeness (QED) is 0.837. The molecule has 3 heteroatoms. The summed E-state index contributed by atoms with van der Waals surface area (Å²) in [5, 5.41) is 0. The second-order valence-corrected chi connectivity index (χ2v) is 6.68. The van der Waals surface area contributed by atoms with Gasteiger partial charge in [-0.15, -0.1) is 0 Å². The highest BCUT2D eigenvalue weighted by molar-refractivity contribution is 4.95. The number of rotatable bonds is 4. The van der Waals surface area contributed by atoms with Gasteiger partial charge >= 0.3 is 0 Å². The topological polar surface area (TPSA) is 38.5 Å². The fourth-order valence-corrected chi connectivity index (χ4v) is 3.91. The van der Waals surface area contributed by atoms with E-state index >= 15 is 0 Å². The number of ether oxygens (including phenoxy) is 1. The van der Waals surface area contributed by atoms with E-state index in [0.29, 0.717) is 12.0 Å². The molecule has 1 atom stereocenters. The Bertz CT molecular complexity index is 253. The zero-order valence-electron chi connectivity index (χ0n) is 12.2. The van der Waals surface area contributed by atoms with Crippen LogP contribution in [0.4, 0.5) is 0 Å². The molecular weight excluding hydrogens is 224 g/mol. The molecule has 1 spiro atoms. The lowest BCUT2D eigenvalue weighted by atomic mass is 9.67. The molecule has 1 unspecified atom stereocenters. The van der Waals surface area contributed by atoms with Gasteiger partial charge in [0.1, 0.15) is 0 Å². The lowest BCUT2D eigenvalue weighted by molar-refractivity contribution is -0.0230. The van der Waals surface area contributed by atoms with Crippen LogP contribution in [0.25, 0.3) is 0 Å². The van der Waals surface area contributed by atoms with Crippen molar-refractivity contribution in [2.75, 3.05) is 33.4 Å². The molecule has 1 saturated carbocycles. The summed E-state index contributed by atoms with van der Waals surface area (Å²) in [7, 11) is 1.78. The van der Waals surface area contributed by atoms with Gasteiger partial charge in [0, 0.05) is 13.7 Å². The summed E-state index contributed by atoms with van der Waals surface area (Å²) >= 11 is 0. The van der Waals surface area contributed by atoms with E-state index in [4.69, 9.17) is 10.5 Å². The Balaban J connectivity index is 1.92. The Morgan fingerprint density at radius 1 is 1.11 bits per heavy atom. The minimum atomic E-state index is 0.0328. The lowest BCUT2D eigenvalue weighted by Gasteiger charge is -2.49. The van der Waals surface area contributed by atoms with Crippen molar-refractivity contribution < 1.29 is 4.74 Å². The zero-order chi connectivity index (χ0) is 13.1. The second-order valence-electron chi connectivity index (χ2n) is 6.68. The molecule has 1 aliphatic carbocycles. The van der Waals surface area contributed by atoms with Gasteiger partial charge in [0.15, 0.2) is 0 Å². The summed E-state index contributed by atoms with van der Waals surface area (Å²) in [5.74, 6) is 0. The molecular formula is C15H30N2O. The molecule has 3 nitrogen and oxygen atoms in total. The molecule has 2 rings (SSSR count). The van der Waals surface area contributed by atoms with E-state index in [1.165, 1.54) is 58.0 Å². The average Bonchev–Trinajstić information content (AvgIpc) is 2.40. The first-order valence-corrected chi connectivity index (χ1v) is 7.58. The highest BCUT2D eigenvalue weighted by Gasteiger charge is 2.40. The Hall–Kier alpha value is -0.120. The van der Waals surface area contributed by atoms with Crippen LogP contribution in [0.1, 0.15) is 51.9 Å². The van der Waals surface area contributed by atoms with Crippen LogP contribution in [0.3, 0.4) is 0 Å². The number of hydrogen-bond acceptors (Lipinski definition) is 3. The van der Waals surface area contributed by atoms with E-state index in [2.05, 4.69) is 11.8 Å². The number of likely N-dealkylation sites (tertiary alicyclic amines) is 1. The van der Waals surface area contributed by atoms with Crippen molar-refractivity contribution in [3.8, 4) is 0 Å². The predicted molar refractivity (Wildman–Crippen MR) is 75.7 cm³/mol. The minimum Gasteiger partial charge on any atom is -0.383 e. The third kappa shape index (κ3) is 2.89. The lowest BCUT2D eigenvalue weighted by Crippen LogP contribution is -2.58. The van der Waals surface area contributed by atoms with Crippen molar-refractivity contribution in [2.24, 2.45) is 11.1 Å². The van der Waals surface area contributed by atoms with Crippen molar-refractivity contribution in [1.29, 1.82) is 0 Å². The summed E-state index contributed by atoms with van der Waals surface area (Å²) in [6.07, 6.45) is 10.0. The van der Waals surface area contributed by atoms with Crippen molar-refractivity contribution in [3.05, 3.63) is 0 Å². The summed E-state index contributed by atoms with van der Waals surface area (Å²) < 4.78 is 5.37. The van der Waals surface area contributed by atoms with Crippen LogP contribution in [-0.2, 0) is 4.74 Å². The fraction of sp³-hybridized carbons (Fsp3) is 1.00. The fourth-order valence-electron chi connectivity index (χ4n) is 3.91. The molecule has 0 aromatic carbocycles. The molecule has 0 aromatic rings. The number of hydrogen-bond donors (Lipinski definition) is 1. The van der Waals surface area contributed by atoms with E-state index in [1.54, 1.807) is 7.11 Å². The average molecular weight is 254 g/mol. The van der Waals surface area contributed by atoms with E-state index in [9.17, 15) is 0 Å². The minimum absolute atomic E-state index is 0.0328. The van der Waals surface area contributed by atoms with Crippen LogP contribution < -0.4 is 5.73 Å². The number of nitrogens with zero attached hydrogens (tertiary/aromatic N) is 1. The molecule has 2 aliphatic rings. The monoisotopic (exact) mass is 254 g/mol. The van der Waals surface area contributed by atoms with Crippen LogP contribution in [0.5, 0.6) is 0 Å². The third-order valence-electron chi connectivity index (χ3n) is 5.40. The maximum Gasteiger partial charge on any atom is 0.0656 e. The van der Waals surface area contributed by atoms with E-state index in [1.807, 2.05) is 0 Å². The van der Waals surface area contributed by atoms with Crippen LogP contribution >= 0.6 is 0 Å². The van der Waals surface area contributed by atoms with Crippen LogP contribution in [0.2, 0.25) is 0 Å². The van der Waals surface area contributed by atoms with Gasteiger partial charge in [0.05, 0.1) is 12.1 Å². The highest BCUT2D eigenvalue weighted by atomic mass is 16.5. The van der Waals surface area contributed by atoms with Crippen molar-refractivity contribution in [1.82, 2.24) is 4.90 Å². The molecule has 0 aromatic heterocycles. The van der Waals surface area contributed by atoms with E-state index in [0.717, 1.165) is 6.61 Å². The van der Waals surface area contributed by atoms with Gasteiger partial charge in [-0.2, -0.15) is 0 Å². The molecule has 0 amide bonds. The molecule has 0 radical (unpaired) electrons. The maximum absolute atomic E-state index is 5.97. The van der Waals surface area contributed by atoms with Gasteiger partial charge < -0.3 is 10.5 Å². The molecule has 2 N–H and O–H groups in total. The van der Waals surface area contributed by atoms with E-state index < -0.39 is 0 Å². The smallest absolute Gasteiger partial charge is 0.0656 e. The summed E-state index contributed by atoms with van der Waals surface area (Å²) in [6, 6.07) is 0. The summed E-state index contributed by atoms with van der Waals surface area (Å²) in [6.45, 7) is 6.09. The van der Waals surface area contributed by atoms with Gasteiger partial charge in [0.2, 0.25) is 0 Å². The highest BCUT2D eigenvalue weighted by Crippen LogP contribution is 2.45. The molecule has 106 valence electrons. The van der Waals surface area contributed by atoms with Crippen LogP contribution in [-0.4, -0.2) is 43.8 Å². The molecule has 1 saturated heterocycles. The van der Waals surface area contributed by atoms with Gasteiger partial charge in [-0.25, -0.2) is 0 Å². The Labute approximate surface area is 112 Å². The van der Waals surface area contributed by atoms with Crippen molar-refractivity contribution >= 4 is 0 Å². The molecule has 0 bridgehead atoms. The van der Waals surface area contributed by atoms with Crippen LogP contribution in [0, 0.1) is 5.41 Å². The summed E-state index contributed by atoms with van der Waals surface area (Å²) in [5.41, 5.74) is 6.68. The Morgan fingerprint density at radius 3 is 2.22 bits per heavy atom. The zero-order valence-corrected chi connectivity index (χ0v) is 12.2. The first-order valence-electron chi connectivity index (χ1n) is 7.58. The first-order chi connectivity index (χ1) is 8.64. The molecule has 2 fully saturated rings. The Kier molecular flexibility index (Phi) is 4.68. The largest absolute Gasteiger partial charge is 0.383 e. The van der Waals surface area contributed by atoms with Gasteiger partial charge in [-0.1, -0.05) is 19.3 Å². The molecule has 1 aliphatic heterocycles. The SMILES string of the molecule is COCC(C)(CN)N1CCC2(CCCCC2)CC1. The normalized spacial score (nSPS) is 28.2.